The van der Waals surface area contributed by atoms with E-state index < -0.39 is 0 Å². The number of fused-ring (bicyclic) bond motifs is 6. The zero-order valence-electron chi connectivity index (χ0n) is 25.4. The Morgan fingerprint density at radius 1 is 0.435 bits per heavy atom. The van der Waals surface area contributed by atoms with Gasteiger partial charge in [0.15, 0.2) is 0 Å². The minimum Gasteiger partial charge on any atom is -0.355 e. The van der Waals surface area contributed by atoms with Crippen molar-refractivity contribution in [3.63, 3.8) is 0 Å². The third-order valence-electron chi connectivity index (χ3n) is 8.74. The largest absolute Gasteiger partial charge is 0.355 e. The molecule has 0 radical (unpaired) electrons. The molecule has 0 fully saturated rings. The van der Waals surface area contributed by atoms with Crippen LogP contribution in [0.1, 0.15) is 5.56 Å². The highest BCUT2D eigenvalue weighted by molar-refractivity contribution is 9.10. The molecule has 9 rings (SSSR count). The van der Waals surface area contributed by atoms with Crippen LogP contribution in [0.25, 0.3) is 71.6 Å². The summed E-state index contributed by atoms with van der Waals surface area (Å²) in [5.41, 5.74) is 12.2. The van der Waals surface area contributed by atoms with E-state index in [-0.39, 0.29) is 0 Å². The molecule has 220 valence electrons. The van der Waals surface area contributed by atoms with Crippen LogP contribution in [-0.2, 0) is 0 Å². The number of nitrogens with one attached hydrogen (secondary N) is 1. The van der Waals surface area contributed by atoms with Crippen molar-refractivity contribution >= 4 is 59.5 Å². The van der Waals surface area contributed by atoms with Crippen LogP contribution in [0.5, 0.6) is 0 Å². The van der Waals surface area contributed by atoms with E-state index in [1.807, 2.05) is 12.1 Å². The smallest absolute Gasteiger partial charge is 0.0541 e. The van der Waals surface area contributed by atoms with Gasteiger partial charge in [0.1, 0.15) is 0 Å². The molecule has 0 aliphatic rings. The zero-order chi connectivity index (χ0) is 31.0. The van der Waals surface area contributed by atoms with E-state index in [1.165, 1.54) is 77.1 Å². The predicted octanol–water partition coefficient (Wildman–Crippen LogP) is 12.5. The van der Waals surface area contributed by atoms with Gasteiger partial charge < -0.3 is 9.55 Å². The molecule has 46 heavy (non-hydrogen) atoms. The predicted molar refractivity (Wildman–Crippen MR) is 200 cm³/mol. The van der Waals surface area contributed by atoms with Crippen LogP contribution in [0.4, 0.5) is 0 Å². The molecule has 2 nitrogen and oxygen atoms in total. The van der Waals surface area contributed by atoms with E-state index in [4.69, 9.17) is 0 Å². The maximum Gasteiger partial charge on any atom is 0.0541 e. The Labute approximate surface area is 276 Å². The summed E-state index contributed by atoms with van der Waals surface area (Å²) in [5.74, 6) is 0. The van der Waals surface area contributed by atoms with Gasteiger partial charge >= 0.3 is 0 Å². The van der Waals surface area contributed by atoms with Crippen molar-refractivity contribution in [3.8, 4) is 27.9 Å². The number of aromatic nitrogens is 2. The first kappa shape index (κ1) is 28.1. The average Bonchev–Trinajstić information content (AvgIpc) is 3.65. The zero-order valence-corrected chi connectivity index (χ0v) is 27.0. The quantitative estimate of drug-likeness (QED) is 0.196. The lowest BCUT2D eigenvalue weighted by Gasteiger charge is -2.08. The number of para-hydroxylation sites is 2. The van der Waals surface area contributed by atoms with Gasteiger partial charge in [0.05, 0.1) is 11.0 Å². The third-order valence-corrected chi connectivity index (χ3v) is 9.27. The summed E-state index contributed by atoms with van der Waals surface area (Å²) in [6.07, 6.45) is 0. The normalized spacial score (nSPS) is 11.3. The van der Waals surface area contributed by atoms with Crippen molar-refractivity contribution in [2.45, 2.75) is 6.92 Å². The Bertz CT molecular complexity index is 2450. The molecule has 0 saturated heterocycles. The van der Waals surface area contributed by atoms with Crippen molar-refractivity contribution in [3.05, 3.63) is 174 Å². The lowest BCUT2D eigenvalue weighted by atomic mass is 9.99. The Kier molecular flexibility index (Phi) is 7.24. The molecular formula is C43H31BrN2. The van der Waals surface area contributed by atoms with E-state index in [1.54, 1.807) is 0 Å². The number of halogens is 1. The maximum atomic E-state index is 3.55. The standard InChI is InChI=1S/C36H24N2.C7H7Br/c1-3-9-24(10-4-1)25-16-19-35-31(22-25)32-23-27(17-20-36(32)38(35)28-11-5-2-6-12-28)26-15-18-34-30(21-26)29-13-7-8-14-33(29)37-34;1-6-2-4-7(8)5-3-6/h1-23,37H;2-5H,1H3. The fourth-order valence-corrected chi connectivity index (χ4v) is 6.69. The Morgan fingerprint density at radius 2 is 0.957 bits per heavy atom. The highest BCUT2D eigenvalue weighted by atomic mass is 79.9. The molecule has 9 aromatic rings. The van der Waals surface area contributed by atoms with E-state index in [0.717, 1.165) is 4.47 Å². The van der Waals surface area contributed by atoms with Crippen LogP contribution in [0.2, 0.25) is 0 Å². The van der Waals surface area contributed by atoms with E-state index in [0.29, 0.717) is 0 Å². The van der Waals surface area contributed by atoms with Crippen molar-refractivity contribution in [1.29, 1.82) is 0 Å². The number of benzene rings is 7. The average molecular weight is 656 g/mol. The van der Waals surface area contributed by atoms with E-state index in [2.05, 4.69) is 184 Å². The van der Waals surface area contributed by atoms with Gasteiger partial charge in [-0.1, -0.05) is 119 Å². The number of aromatic amines is 1. The first-order chi connectivity index (χ1) is 22.6. The summed E-state index contributed by atoms with van der Waals surface area (Å²) in [7, 11) is 0. The first-order valence-corrected chi connectivity index (χ1v) is 16.3. The molecule has 3 heteroatoms. The minimum atomic E-state index is 1.14. The molecule has 0 bridgehead atoms. The van der Waals surface area contributed by atoms with Crippen molar-refractivity contribution in [2.24, 2.45) is 0 Å². The van der Waals surface area contributed by atoms with Gasteiger partial charge in [0.25, 0.3) is 0 Å². The molecule has 2 heterocycles. The topological polar surface area (TPSA) is 20.7 Å². The fourth-order valence-electron chi connectivity index (χ4n) is 6.43. The summed E-state index contributed by atoms with van der Waals surface area (Å²) in [5, 5.41) is 5.05. The van der Waals surface area contributed by atoms with Gasteiger partial charge in [-0.05, 0) is 95.9 Å². The number of aryl methyl sites for hydroxylation is 1. The minimum absolute atomic E-state index is 1.14. The summed E-state index contributed by atoms with van der Waals surface area (Å²) in [4.78, 5) is 3.55. The number of hydrogen-bond acceptors (Lipinski definition) is 0. The molecule has 0 aliphatic heterocycles. The van der Waals surface area contributed by atoms with Gasteiger partial charge in [-0.25, -0.2) is 0 Å². The van der Waals surface area contributed by atoms with E-state index in [9.17, 15) is 0 Å². The summed E-state index contributed by atoms with van der Waals surface area (Å²) in [6.45, 7) is 2.08. The molecular weight excluding hydrogens is 624 g/mol. The Morgan fingerprint density at radius 3 is 1.61 bits per heavy atom. The molecule has 7 aromatic carbocycles. The SMILES string of the molecule is Cc1ccc(Br)cc1.c1ccc(-c2ccc3c(c2)c2cc(-c4ccc5[nH]c6ccccc6c5c4)ccc2n3-c2ccccc2)cc1. The van der Waals surface area contributed by atoms with E-state index >= 15 is 0 Å². The molecule has 0 atom stereocenters. The lowest BCUT2D eigenvalue weighted by Crippen LogP contribution is -1.93. The molecule has 0 unspecified atom stereocenters. The first-order valence-electron chi connectivity index (χ1n) is 15.5. The lowest BCUT2D eigenvalue weighted by molar-refractivity contribution is 1.18. The molecule has 0 saturated carbocycles. The third kappa shape index (κ3) is 5.19. The van der Waals surface area contributed by atoms with Crippen LogP contribution in [-0.4, -0.2) is 9.55 Å². The van der Waals surface area contributed by atoms with Crippen LogP contribution in [0.3, 0.4) is 0 Å². The van der Waals surface area contributed by atoms with Crippen molar-refractivity contribution in [1.82, 2.24) is 9.55 Å². The van der Waals surface area contributed by atoms with Crippen molar-refractivity contribution in [2.75, 3.05) is 0 Å². The Balaban J connectivity index is 0.000000344. The van der Waals surface area contributed by atoms with Crippen molar-refractivity contribution < 1.29 is 0 Å². The fraction of sp³-hybridized carbons (Fsp3) is 0.0233. The molecule has 1 N–H and O–H groups in total. The van der Waals surface area contributed by atoms with Crippen LogP contribution < -0.4 is 0 Å². The number of H-pyrrole nitrogens is 1. The van der Waals surface area contributed by atoms with Crippen LogP contribution in [0.15, 0.2) is 168 Å². The molecule has 0 amide bonds. The second-order valence-electron chi connectivity index (χ2n) is 11.7. The number of hydrogen-bond donors (Lipinski definition) is 1. The van der Waals surface area contributed by atoms with Gasteiger partial charge in [-0.3, -0.25) is 0 Å². The monoisotopic (exact) mass is 654 g/mol. The van der Waals surface area contributed by atoms with Gasteiger partial charge in [0, 0.05) is 42.7 Å². The molecule has 0 spiro atoms. The highest BCUT2D eigenvalue weighted by Crippen LogP contribution is 2.38. The maximum absolute atomic E-state index is 3.55. The Hall–Kier alpha value is -5.38. The molecule has 0 aliphatic carbocycles. The van der Waals surface area contributed by atoms with Crippen LogP contribution >= 0.6 is 15.9 Å². The van der Waals surface area contributed by atoms with Gasteiger partial charge in [0.2, 0.25) is 0 Å². The molecule has 2 aromatic heterocycles. The number of nitrogens with zero attached hydrogens (tertiary/aromatic N) is 1. The summed E-state index contributed by atoms with van der Waals surface area (Å²) in [6, 6.07) is 58.5. The second kappa shape index (κ2) is 11.8. The summed E-state index contributed by atoms with van der Waals surface area (Å²) < 4.78 is 3.52. The van der Waals surface area contributed by atoms with Gasteiger partial charge in [-0.2, -0.15) is 0 Å². The van der Waals surface area contributed by atoms with Crippen LogP contribution in [0, 0.1) is 6.92 Å². The second-order valence-corrected chi connectivity index (χ2v) is 12.6. The highest BCUT2D eigenvalue weighted by Gasteiger charge is 2.15. The number of rotatable bonds is 3. The van der Waals surface area contributed by atoms with Gasteiger partial charge in [-0.15, -0.1) is 0 Å². The summed E-state index contributed by atoms with van der Waals surface area (Å²) >= 11 is 3.35.